The minimum absolute atomic E-state index is 0.170. The van der Waals surface area contributed by atoms with Crippen molar-refractivity contribution in [1.29, 1.82) is 0 Å². The Morgan fingerprint density at radius 3 is 2.65 bits per heavy atom. The molecule has 1 amide bonds. The van der Waals surface area contributed by atoms with Gasteiger partial charge in [0.15, 0.2) is 0 Å². The van der Waals surface area contributed by atoms with Crippen LogP contribution in [0.4, 0.5) is 5.69 Å². The molecule has 0 aliphatic carbocycles. The monoisotopic (exact) mass is 618 g/mol. The van der Waals surface area contributed by atoms with Crippen molar-refractivity contribution in [3.05, 3.63) is 107 Å². The lowest BCUT2D eigenvalue weighted by atomic mass is 9.99. The largest absolute Gasteiger partial charge is 0.387 e. The smallest absolute Gasteiger partial charge is 0.261 e. The van der Waals surface area contributed by atoms with Gasteiger partial charge in [-0.1, -0.05) is 30.3 Å². The van der Waals surface area contributed by atoms with Gasteiger partial charge in [-0.2, -0.15) is 0 Å². The Balaban J connectivity index is 1.15. The van der Waals surface area contributed by atoms with E-state index >= 15 is 0 Å². The first kappa shape index (κ1) is 30.4. The van der Waals surface area contributed by atoms with Gasteiger partial charge in [-0.15, -0.1) is 11.3 Å². The third-order valence-electron chi connectivity index (χ3n) is 7.10. The number of aryl methyl sites for hydroxylation is 1. The van der Waals surface area contributed by atoms with Gasteiger partial charge >= 0.3 is 0 Å². The van der Waals surface area contributed by atoms with E-state index in [0.717, 1.165) is 22.3 Å². The van der Waals surface area contributed by atoms with Gasteiger partial charge in [-0.05, 0) is 62.2 Å². The van der Waals surface area contributed by atoms with E-state index in [-0.39, 0.29) is 22.9 Å². The molecule has 0 bridgehead atoms. The van der Waals surface area contributed by atoms with Gasteiger partial charge in [0.25, 0.3) is 15.9 Å². The summed E-state index contributed by atoms with van der Waals surface area (Å²) >= 11 is 1.49. The number of carbonyl (C=O) groups is 1. The lowest BCUT2D eigenvalue weighted by molar-refractivity contribution is 0.0951. The van der Waals surface area contributed by atoms with Crippen molar-refractivity contribution < 1.29 is 18.3 Å². The number of aliphatic hydroxyl groups is 1. The number of β-amino-alcohol motifs (C(OH)–C–C–N with tert-alkyl or cyclic N) is 1. The third-order valence-corrected chi connectivity index (χ3v) is 9.28. The zero-order chi connectivity index (χ0) is 30.5. The Bertz CT molecular complexity index is 1790. The normalized spacial score (nSPS) is 12.7. The lowest BCUT2D eigenvalue weighted by Gasteiger charge is -2.28. The number of hydrogen-bond acceptors (Lipinski definition) is 8. The Morgan fingerprint density at radius 2 is 1.88 bits per heavy atom. The molecule has 5 aromatic rings. The zero-order valence-electron chi connectivity index (χ0n) is 23.9. The molecule has 0 aliphatic heterocycles. The van der Waals surface area contributed by atoms with Crippen LogP contribution in [0.1, 0.15) is 47.2 Å². The highest BCUT2D eigenvalue weighted by molar-refractivity contribution is 7.92. The summed E-state index contributed by atoms with van der Waals surface area (Å²) in [7, 11) is -3.73. The Hall–Kier alpha value is -4.10. The van der Waals surface area contributed by atoms with Crippen molar-refractivity contribution in [2.75, 3.05) is 11.3 Å². The van der Waals surface area contributed by atoms with E-state index in [1.807, 2.05) is 18.3 Å². The second-order valence-electron chi connectivity index (χ2n) is 10.9. The summed E-state index contributed by atoms with van der Waals surface area (Å²) in [5, 5.41) is 18.1. The number of rotatable bonds is 13. The lowest BCUT2D eigenvalue weighted by Crippen LogP contribution is -2.42. The number of aliphatic hydroxyl groups excluding tert-OH is 1. The maximum atomic E-state index is 12.7. The fourth-order valence-electron chi connectivity index (χ4n) is 4.58. The molecule has 3 aromatic heterocycles. The molecule has 0 unspecified atom stereocenters. The number of hydrogen-bond donors (Lipinski definition) is 4. The van der Waals surface area contributed by atoms with Crippen LogP contribution in [-0.2, 0) is 23.1 Å². The Morgan fingerprint density at radius 1 is 1.07 bits per heavy atom. The number of nitrogens with one attached hydrogen (secondary N) is 3. The van der Waals surface area contributed by atoms with E-state index in [1.54, 1.807) is 60.4 Å². The van der Waals surface area contributed by atoms with E-state index < -0.39 is 16.1 Å². The second kappa shape index (κ2) is 13.0. The molecule has 0 saturated heterocycles. The molecule has 224 valence electrons. The number of nitrogens with zero attached hydrogens (tertiary/aromatic N) is 3. The fourth-order valence-corrected chi connectivity index (χ4v) is 6.19. The molecule has 4 N–H and O–H groups in total. The van der Waals surface area contributed by atoms with Crippen LogP contribution < -0.4 is 15.4 Å². The van der Waals surface area contributed by atoms with E-state index in [9.17, 15) is 18.3 Å². The topological polar surface area (TPSA) is 138 Å². The molecule has 43 heavy (non-hydrogen) atoms. The first-order valence-corrected chi connectivity index (χ1v) is 16.2. The quantitative estimate of drug-likeness (QED) is 0.150. The van der Waals surface area contributed by atoms with Crippen LogP contribution in [0.25, 0.3) is 11.0 Å². The maximum absolute atomic E-state index is 12.7. The summed E-state index contributed by atoms with van der Waals surface area (Å²) in [6, 6.07) is 18.7. The highest BCUT2D eigenvalue weighted by Gasteiger charge is 2.21. The predicted molar refractivity (Wildman–Crippen MR) is 168 cm³/mol. The van der Waals surface area contributed by atoms with Gasteiger partial charge < -0.3 is 20.3 Å². The molecule has 0 saturated carbocycles. The number of fused-ring (bicyclic) bond motifs is 1. The number of carbonyl (C=O) groups excluding carboxylic acids is 1. The van der Waals surface area contributed by atoms with Crippen LogP contribution >= 0.6 is 11.3 Å². The number of sulfonamides is 1. The highest BCUT2D eigenvalue weighted by Crippen LogP contribution is 2.22. The molecule has 10 nitrogen and oxygen atoms in total. The number of pyridine rings is 1. The Kier molecular flexibility index (Phi) is 9.21. The van der Waals surface area contributed by atoms with E-state index in [1.165, 1.54) is 23.5 Å². The molecular formula is C31H34N6O4S2. The van der Waals surface area contributed by atoms with Crippen LogP contribution in [0, 0.1) is 0 Å². The van der Waals surface area contributed by atoms with Gasteiger partial charge in [0.05, 0.1) is 28.6 Å². The molecule has 1 atom stereocenters. The Labute approximate surface area is 254 Å². The molecule has 5 rings (SSSR count). The molecule has 2 aromatic carbocycles. The minimum Gasteiger partial charge on any atom is -0.387 e. The van der Waals surface area contributed by atoms with Gasteiger partial charge in [0.2, 0.25) is 0 Å². The summed E-state index contributed by atoms with van der Waals surface area (Å²) in [5.41, 5.74) is 3.70. The van der Waals surface area contributed by atoms with Crippen molar-refractivity contribution in [1.82, 2.24) is 25.2 Å². The number of benzene rings is 2. The van der Waals surface area contributed by atoms with Crippen molar-refractivity contribution in [2.45, 2.75) is 49.9 Å². The highest BCUT2D eigenvalue weighted by atomic mass is 32.2. The van der Waals surface area contributed by atoms with Crippen molar-refractivity contribution in [3.63, 3.8) is 0 Å². The summed E-state index contributed by atoms with van der Waals surface area (Å²) < 4.78 is 30.0. The molecule has 12 heteroatoms. The summed E-state index contributed by atoms with van der Waals surface area (Å²) in [5.74, 6) is -0.182. The molecule has 0 fully saturated rings. The SMILES string of the molecule is CC(C)(CCn1ccc2cc(C(=O)NCc3cncs3)cnc21)NC[C@H](O)c1cccc(NS(=O)(=O)c2ccccc2)c1. The van der Waals surface area contributed by atoms with Crippen molar-refractivity contribution >= 4 is 44.0 Å². The molecule has 0 spiro atoms. The summed E-state index contributed by atoms with van der Waals surface area (Å²) in [6.45, 7) is 5.52. The number of aromatic nitrogens is 3. The van der Waals surface area contributed by atoms with Crippen molar-refractivity contribution in [3.8, 4) is 0 Å². The van der Waals surface area contributed by atoms with E-state index in [2.05, 4.69) is 43.7 Å². The van der Waals surface area contributed by atoms with Gasteiger partial charge in [0.1, 0.15) is 5.65 Å². The standard InChI is InChI=1S/C31H34N6O4S2/c1-31(2,35-20-28(38)22-7-6-8-25(16-22)36-43(40,41)27-9-4-3-5-10-27)12-14-37-13-11-23-15-24(17-33-29(23)37)30(39)34-19-26-18-32-21-42-26/h3-11,13,15-18,21,28,35-36,38H,12,14,19-20H2,1-2H3,(H,34,39)/t28-/m0/s1. The molecular weight excluding hydrogens is 585 g/mol. The van der Waals surface area contributed by atoms with Gasteiger partial charge in [-0.3, -0.25) is 14.5 Å². The van der Waals surface area contributed by atoms with Gasteiger partial charge in [0, 0.05) is 53.2 Å². The average molecular weight is 619 g/mol. The van der Waals surface area contributed by atoms with Crippen LogP contribution in [0.5, 0.6) is 0 Å². The molecule has 0 radical (unpaired) electrons. The summed E-state index contributed by atoms with van der Waals surface area (Å²) in [6.07, 6.45) is 5.20. The van der Waals surface area contributed by atoms with Crippen LogP contribution in [0.15, 0.2) is 95.7 Å². The number of amides is 1. The number of thiazole rings is 1. The molecule has 3 heterocycles. The number of anilines is 1. The zero-order valence-corrected chi connectivity index (χ0v) is 25.5. The average Bonchev–Trinajstić information content (AvgIpc) is 3.68. The van der Waals surface area contributed by atoms with Crippen LogP contribution in [0.3, 0.4) is 0 Å². The summed E-state index contributed by atoms with van der Waals surface area (Å²) in [4.78, 5) is 22.3. The minimum atomic E-state index is -3.73. The first-order valence-electron chi connectivity index (χ1n) is 13.8. The van der Waals surface area contributed by atoms with E-state index in [4.69, 9.17) is 0 Å². The van der Waals surface area contributed by atoms with Gasteiger partial charge in [-0.25, -0.2) is 13.4 Å². The maximum Gasteiger partial charge on any atom is 0.261 e. The van der Waals surface area contributed by atoms with Crippen LogP contribution in [-0.4, -0.2) is 46.1 Å². The second-order valence-corrected chi connectivity index (χ2v) is 13.5. The van der Waals surface area contributed by atoms with Crippen LogP contribution in [0.2, 0.25) is 0 Å². The van der Waals surface area contributed by atoms with E-state index in [0.29, 0.717) is 29.9 Å². The fraction of sp³-hybridized carbons (Fsp3) is 0.258. The predicted octanol–water partition coefficient (Wildman–Crippen LogP) is 4.72. The first-order chi connectivity index (χ1) is 20.6. The molecule has 0 aliphatic rings. The third kappa shape index (κ3) is 7.85. The van der Waals surface area contributed by atoms with Crippen molar-refractivity contribution in [2.24, 2.45) is 0 Å².